The van der Waals surface area contributed by atoms with Gasteiger partial charge in [-0.15, -0.1) is 0 Å². The van der Waals surface area contributed by atoms with Crippen molar-refractivity contribution in [3.05, 3.63) is 52.5 Å². The second-order valence-electron chi connectivity index (χ2n) is 4.77. The monoisotopic (exact) mass is 283 g/mol. The lowest BCUT2D eigenvalue weighted by molar-refractivity contribution is 0.102. The molecule has 0 aliphatic carbocycles. The first-order chi connectivity index (χ1) is 10.0. The molecule has 2 aromatic rings. The van der Waals surface area contributed by atoms with Crippen LogP contribution in [0.15, 0.2) is 28.7 Å². The number of aryl methyl sites for hydroxylation is 3. The molecule has 1 amide bonds. The normalized spacial score (nSPS) is 9.90. The van der Waals surface area contributed by atoms with E-state index in [1.165, 1.54) is 0 Å². The molecule has 0 aliphatic heterocycles. The van der Waals surface area contributed by atoms with Crippen molar-refractivity contribution in [2.24, 2.45) is 0 Å². The van der Waals surface area contributed by atoms with E-state index >= 15 is 0 Å². The summed E-state index contributed by atoms with van der Waals surface area (Å²) < 4.78 is 5.36. The van der Waals surface area contributed by atoms with Crippen LogP contribution in [-0.4, -0.2) is 17.6 Å². The number of aliphatic hydroxyl groups is 1. The SMILES string of the molecule is Cc1cc(C(=O)Nc2ccc(C#CCO)cc2C)c(C)o1. The molecule has 4 nitrogen and oxygen atoms in total. The lowest BCUT2D eigenvalue weighted by Gasteiger charge is -2.08. The number of hydrogen-bond acceptors (Lipinski definition) is 3. The molecule has 0 unspecified atom stereocenters. The lowest BCUT2D eigenvalue weighted by atomic mass is 10.1. The zero-order valence-electron chi connectivity index (χ0n) is 12.3. The molecule has 1 aromatic carbocycles. The molecule has 108 valence electrons. The predicted octanol–water partition coefficient (Wildman–Crippen LogP) is 2.80. The molecule has 0 fully saturated rings. The average Bonchev–Trinajstić information content (AvgIpc) is 2.78. The fourth-order valence-electron chi connectivity index (χ4n) is 2.07. The summed E-state index contributed by atoms with van der Waals surface area (Å²) in [5.74, 6) is 6.55. The molecule has 21 heavy (non-hydrogen) atoms. The van der Waals surface area contributed by atoms with E-state index in [1.807, 2.05) is 19.9 Å². The highest BCUT2D eigenvalue weighted by Crippen LogP contribution is 2.19. The first kappa shape index (κ1) is 14.9. The fraction of sp³-hybridized carbons (Fsp3) is 0.235. The first-order valence-corrected chi connectivity index (χ1v) is 6.60. The fourth-order valence-corrected chi connectivity index (χ4v) is 2.07. The van der Waals surface area contributed by atoms with Crippen molar-refractivity contribution in [1.29, 1.82) is 0 Å². The molecule has 0 bridgehead atoms. The van der Waals surface area contributed by atoms with Gasteiger partial charge in [0.25, 0.3) is 5.91 Å². The van der Waals surface area contributed by atoms with Gasteiger partial charge in [0.2, 0.25) is 0 Å². The minimum Gasteiger partial charge on any atom is -0.466 e. The predicted molar refractivity (Wildman–Crippen MR) is 81.3 cm³/mol. The van der Waals surface area contributed by atoms with Crippen LogP contribution in [0.5, 0.6) is 0 Å². The van der Waals surface area contributed by atoms with Gasteiger partial charge in [-0.1, -0.05) is 11.8 Å². The van der Waals surface area contributed by atoms with E-state index in [4.69, 9.17) is 9.52 Å². The van der Waals surface area contributed by atoms with Crippen LogP contribution < -0.4 is 5.32 Å². The number of rotatable bonds is 2. The van der Waals surface area contributed by atoms with E-state index in [-0.39, 0.29) is 12.5 Å². The maximum absolute atomic E-state index is 12.2. The van der Waals surface area contributed by atoms with Crippen LogP contribution in [0.25, 0.3) is 0 Å². The molecule has 0 saturated carbocycles. The topological polar surface area (TPSA) is 62.5 Å². The van der Waals surface area contributed by atoms with E-state index in [1.54, 1.807) is 25.1 Å². The summed E-state index contributed by atoms with van der Waals surface area (Å²) in [7, 11) is 0. The molecule has 0 spiro atoms. The number of amides is 1. The Balaban J connectivity index is 2.20. The number of nitrogens with one attached hydrogen (secondary N) is 1. The van der Waals surface area contributed by atoms with Gasteiger partial charge in [-0.25, -0.2) is 0 Å². The summed E-state index contributed by atoms with van der Waals surface area (Å²) in [5.41, 5.74) is 2.98. The summed E-state index contributed by atoms with van der Waals surface area (Å²) in [6.07, 6.45) is 0. The van der Waals surface area contributed by atoms with Crippen molar-refractivity contribution in [3.8, 4) is 11.8 Å². The number of benzene rings is 1. The smallest absolute Gasteiger partial charge is 0.259 e. The van der Waals surface area contributed by atoms with Crippen molar-refractivity contribution < 1.29 is 14.3 Å². The van der Waals surface area contributed by atoms with Crippen molar-refractivity contribution in [2.45, 2.75) is 20.8 Å². The quantitative estimate of drug-likeness (QED) is 0.833. The minimum atomic E-state index is -0.193. The number of aliphatic hydroxyl groups excluding tert-OH is 1. The Kier molecular flexibility index (Phi) is 4.46. The van der Waals surface area contributed by atoms with E-state index < -0.39 is 0 Å². The molecule has 0 radical (unpaired) electrons. The molecule has 0 aliphatic rings. The molecule has 1 heterocycles. The van der Waals surface area contributed by atoms with E-state index in [0.717, 1.165) is 16.8 Å². The Bertz CT molecular complexity index is 732. The lowest BCUT2D eigenvalue weighted by Crippen LogP contribution is -2.13. The van der Waals surface area contributed by atoms with Gasteiger partial charge in [-0.2, -0.15) is 0 Å². The summed E-state index contributed by atoms with van der Waals surface area (Å²) >= 11 is 0. The third kappa shape index (κ3) is 3.53. The van der Waals surface area contributed by atoms with Crippen LogP contribution in [-0.2, 0) is 0 Å². The van der Waals surface area contributed by atoms with Gasteiger partial charge in [0.05, 0.1) is 5.56 Å². The van der Waals surface area contributed by atoms with Crippen molar-refractivity contribution in [3.63, 3.8) is 0 Å². The molecule has 1 aromatic heterocycles. The highest BCUT2D eigenvalue weighted by Gasteiger charge is 2.14. The third-order valence-corrected chi connectivity index (χ3v) is 3.07. The summed E-state index contributed by atoms with van der Waals surface area (Å²) in [6.45, 7) is 5.30. The Morgan fingerprint density at radius 3 is 2.62 bits per heavy atom. The van der Waals surface area contributed by atoms with Crippen molar-refractivity contribution >= 4 is 11.6 Å². The highest BCUT2D eigenvalue weighted by molar-refractivity contribution is 6.05. The number of anilines is 1. The van der Waals surface area contributed by atoms with Crippen molar-refractivity contribution in [1.82, 2.24) is 0 Å². The Hall–Kier alpha value is -2.51. The molecule has 0 saturated heterocycles. The van der Waals surface area contributed by atoms with E-state index in [9.17, 15) is 4.79 Å². The number of furan rings is 1. The van der Waals surface area contributed by atoms with Gasteiger partial charge in [-0.3, -0.25) is 4.79 Å². The standard InChI is InChI=1S/C17H17NO3/c1-11-9-14(5-4-8-19)6-7-16(11)18-17(20)15-10-12(2)21-13(15)3/h6-7,9-10,19H,8H2,1-3H3,(H,18,20). The number of carbonyl (C=O) groups excluding carboxylic acids is 1. The largest absolute Gasteiger partial charge is 0.466 e. The van der Waals surface area contributed by atoms with Crippen LogP contribution in [0, 0.1) is 32.6 Å². The van der Waals surface area contributed by atoms with Gasteiger partial charge < -0.3 is 14.8 Å². The van der Waals surface area contributed by atoms with Crippen LogP contribution in [0.3, 0.4) is 0 Å². The summed E-state index contributed by atoms with van der Waals surface area (Å²) in [6, 6.07) is 7.20. The van der Waals surface area contributed by atoms with Gasteiger partial charge >= 0.3 is 0 Å². The van der Waals surface area contributed by atoms with Gasteiger partial charge in [0.15, 0.2) is 0 Å². The molecule has 2 N–H and O–H groups in total. The average molecular weight is 283 g/mol. The van der Waals surface area contributed by atoms with E-state index in [0.29, 0.717) is 17.1 Å². The maximum Gasteiger partial charge on any atom is 0.259 e. The summed E-state index contributed by atoms with van der Waals surface area (Å²) in [4.78, 5) is 12.2. The number of hydrogen-bond donors (Lipinski definition) is 2. The molecule has 2 rings (SSSR count). The van der Waals surface area contributed by atoms with Crippen LogP contribution in [0.4, 0.5) is 5.69 Å². The van der Waals surface area contributed by atoms with Crippen LogP contribution in [0.2, 0.25) is 0 Å². The highest BCUT2D eigenvalue weighted by atomic mass is 16.3. The second-order valence-corrected chi connectivity index (χ2v) is 4.77. The van der Waals surface area contributed by atoms with Crippen molar-refractivity contribution in [2.75, 3.05) is 11.9 Å². The van der Waals surface area contributed by atoms with Crippen LogP contribution in [0.1, 0.15) is 33.0 Å². The maximum atomic E-state index is 12.2. The zero-order chi connectivity index (χ0) is 15.4. The number of carbonyl (C=O) groups is 1. The van der Waals surface area contributed by atoms with Crippen LogP contribution >= 0.6 is 0 Å². The molecular formula is C17H17NO3. The van der Waals surface area contributed by atoms with E-state index in [2.05, 4.69) is 17.2 Å². The molecule has 4 heteroatoms. The zero-order valence-corrected chi connectivity index (χ0v) is 12.3. The van der Waals surface area contributed by atoms with Gasteiger partial charge in [0, 0.05) is 11.3 Å². The van der Waals surface area contributed by atoms with Gasteiger partial charge in [-0.05, 0) is 50.6 Å². The van der Waals surface area contributed by atoms with Gasteiger partial charge in [0.1, 0.15) is 18.1 Å². The molecular weight excluding hydrogens is 266 g/mol. The Labute approximate surface area is 123 Å². The second kappa shape index (κ2) is 6.29. The minimum absolute atomic E-state index is 0.170. The first-order valence-electron chi connectivity index (χ1n) is 6.60. The Morgan fingerprint density at radius 1 is 1.29 bits per heavy atom. The molecule has 0 atom stereocenters. The third-order valence-electron chi connectivity index (χ3n) is 3.07. The summed E-state index contributed by atoms with van der Waals surface area (Å²) in [5, 5.41) is 11.6. The Morgan fingerprint density at radius 2 is 2.05 bits per heavy atom.